The molecule has 192 valence electrons. The first-order chi connectivity index (χ1) is 17.9. The first-order valence-electron chi connectivity index (χ1n) is 12.1. The molecule has 1 N–H and O–H groups in total. The number of likely N-dealkylation sites (tertiary alicyclic amines) is 1. The van der Waals surface area contributed by atoms with E-state index in [0.717, 1.165) is 54.1 Å². The number of hydrogen-bond acceptors (Lipinski definition) is 10. The number of hydrogen-bond donors (Lipinski definition) is 1. The van der Waals surface area contributed by atoms with Gasteiger partial charge in [-0.1, -0.05) is 5.21 Å². The number of ether oxygens (including phenoxy) is 2. The van der Waals surface area contributed by atoms with Crippen molar-refractivity contribution in [3.05, 3.63) is 59.1 Å². The summed E-state index contributed by atoms with van der Waals surface area (Å²) in [6.07, 6.45) is 8.56. The molecule has 11 nitrogen and oxygen atoms in total. The van der Waals surface area contributed by atoms with Crippen molar-refractivity contribution in [2.75, 3.05) is 25.5 Å². The molecule has 1 aromatic carbocycles. The monoisotopic (exact) mass is 502 g/mol. The van der Waals surface area contributed by atoms with Gasteiger partial charge < -0.3 is 14.8 Å². The van der Waals surface area contributed by atoms with Crippen LogP contribution in [-0.2, 0) is 22.6 Å². The van der Waals surface area contributed by atoms with Gasteiger partial charge in [0.05, 0.1) is 25.1 Å². The van der Waals surface area contributed by atoms with Crippen molar-refractivity contribution in [3.63, 3.8) is 0 Å². The van der Waals surface area contributed by atoms with Crippen LogP contribution in [0.3, 0.4) is 0 Å². The Bertz CT molecular complexity index is 1280. The van der Waals surface area contributed by atoms with Gasteiger partial charge in [0, 0.05) is 44.0 Å². The molecule has 1 saturated heterocycles. The zero-order valence-corrected chi connectivity index (χ0v) is 21.2. The van der Waals surface area contributed by atoms with Crippen LogP contribution in [0.1, 0.15) is 35.2 Å². The van der Waals surface area contributed by atoms with Gasteiger partial charge in [-0.15, -0.1) is 5.10 Å². The standard InChI is InChI=1S/C26H30N8O3/c1-18-13-20(5-4-9-27)14-19(2)25(18)37-23-6-10-28-26(30-23)29-21-7-11-33(12-8-21)15-22-16-34(32-31-22)17-24(35)36-3/h4-6,10,13-14,16,21H,7-8,11-12,15,17H2,1-3H3,(H,28,29,30)/b5-4+. The first-order valence-corrected chi connectivity index (χ1v) is 12.1. The van der Waals surface area contributed by atoms with Crippen molar-refractivity contribution in [1.82, 2.24) is 29.9 Å². The number of nitrogens with one attached hydrogen (secondary N) is 1. The lowest BCUT2D eigenvalue weighted by molar-refractivity contribution is -0.141. The quantitative estimate of drug-likeness (QED) is 0.343. The zero-order valence-electron chi connectivity index (χ0n) is 21.2. The number of carbonyl (C=O) groups excluding carboxylic acids is 1. The van der Waals surface area contributed by atoms with Gasteiger partial charge in [0.1, 0.15) is 12.3 Å². The predicted molar refractivity (Wildman–Crippen MR) is 137 cm³/mol. The number of aryl methyl sites for hydroxylation is 2. The fraction of sp³-hybridized carbons (Fsp3) is 0.385. The van der Waals surface area contributed by atoms with E-state index in [1.165, 1.54) is 17.9 Å². The molecule has 0 amide bonds. The Morgan fingerprint density at radius 1 is 1.27 bits per heavy atom. The molecule has 0 aliphatic carbocycles. The lowest BCUT2D eigenvalue weighted by Crippen LogP contribution is -2.39. The molecule has 3 aromatic rings. The van der Waals surface area contributed by atoms with Crippen LogP contribution in [0, 0.1) is 25.2 Å². The summed E-state index contributed by atoms with van der Waals surface area (Å²) in [6, 6.07) is 7.95. The number of nitriles is 1. The average molecular weight is 503 g/mol. The lowest BCUT2D eigenvalue weighted by atomic mass is 10.1. The molecular weight excluding hydrogens is 472 g/mol. The van der Waals surface area contributed by atoms with E-state index in [-0.39, 0.29) is 18.6 Å². The van der Waals surface area contributed by atoms with Crippen LogP contribution in [-0.4, -0.2) is 62.1 Å². The van der Waals surface area contributed by atoms with E-state index < -0.39 is 0 Å². The molecule has 3 heterocycles. The summed E-state index contributed by atoms with van der Waals surface area (Å²) in [5.74, 6) is 1.39. The molecular formula is C26H30N8O3. The van der Waals surface area contributed by atoms with Crippen molar-refractivity contribution in [1.29, 1.82) is 5.26 Å². The molecule has 1 aliphatic heterocycles. The van der Waals surface area contributed by atoms with Crippen LogP contribution in [0.15, 0.2) is 36.7 Å². The van der Waals surface area contributed by atoms with Crippen molar-refractivity contribution in [2.45, 2.75) is 45.8 Å². The maximum Gasteiger partial charge on any atom is 0.327 e. The molecule has 1 fully saturated rings. The molecule has 0 bridgehead atoms. The van der Waals surface area contributed by atoms with Crippen LogP contribution in [0.25, 0.3) is 6.08 Å². The van der Waals surface area contributed by atoms with Crippen molar-refractivity contribution < 1.29 is 14.3 Å². The molecule has 37 heavy (non-hydrogen) atoms. The summed E-state index contributed by atoms with van der Waals surface area (Å²) in [4.78, 5) is 22.6. The van der Waals surface area contributed by atoms with Crippen LogP contribution >= 0.6 is 0 Å². The number of rotatable bonds is 9. The summed E-state index contributed by atoms with van der Waals surface area (Å²) < 4.78 is 12.3. The molecule has 0 radical (unpaired) electrons. The van der Waals surface area contributed by atoms with Gasteiger partial charge in [-0.3, -0.25) is 9.69 Å². The fourth-order valence-electron chi connectivity index (χ4n) is 4.28. The van der Waals surface area contributed by atoms with E-state index in [9.17, 15) is 4.79 Å². The Morgan fingerprint density at radius 3 is 2.73 bits per heavy atom. The second-order valence-corrected chi connectivity index (χ2v) is 8.95. The van der Waals surface area contributed by atoms with Crippen LogP contribution < -0.4 is 10.1 Å². The van der Waals surface area contributed by atoms with E-state index in [1.54, 1.807) is 24.5 Å². The highest BCUT2D eigenvalue weighted by molar-refractivity contribution is 5.68. The van der Waals surface area contributed by atoms with Crippen LogP contribution in [0.5, 0.6) is 11.6 Å². The average Bonchev–Trinajstić information content (AvgIpc) is 3.32. The molecule has 0 atom stereocenters. The number of aromatic nitrogens is 5. The topological polar surface area (TPSA) is 131 Å². The number of methoxy groups -OCH3 is 1. The van der Waals surface area contributed by atoms with Gasteiger partial charge >= 0.3 is 5.97 Å². The van der Waals surface area contributed by atoms with E-state index in [1.807, 2.05) is 32.0 Å². The summed E-state index contributed by atoms with van der Waals surface area (Å²) in [6.45, 7) is 6.46. The third kappa shape index (κ3) is 7.11. The van der Waals surface area contributed by atoms with Gasteiger partial charge in [-0.2, -0.15) is 10.2 Å². The van der Waals surface area contributed by atoms with E-state index in [4.69, 9.17) is 10.00 Å². The number of piperidine rings is 1. The summed E-state index contributed by atoms with van der Waals surface area (Å²) in [5, 5.41) is 20.3. The third-order valence-electron chi connectivity index (χ3n) is 6.08. The number of benzene rings is 1. The van der Waals surface area contributed by atoms with Crippen LogP contribution in [0.4, 0.5) is 5.95 Å². The molecule has 1 aliphatic rings. The highest BCUT2D eigenvalue weighted by atomic mass is 16.5. The number of esters is 1. The maximum absolute atomic E-state index is 11.4. The highest BCUT2D eigenvalue weighted by Crippen LogP contribution is 2.30. The predicted octanol–water partition coefficient (Wildman–Crippen LogP) is 3.26. The highest BCUT2D eigenvalue weighted by Gasteiger charge is 2.21. The Labute approximate surface area is 215 Å². The molecule has 2 aromatic heterocycles. The van der Waals surface area contributed by atoms with Gasteiger partial charge in [0.15, 0.2) is 0 Å². The number of anilines is 1. The minimum absolute atomic E-state index is 0.0579. The Morgan fingerprint density at radius 2 is 2.03 bits per heavy atom. The molecule has 0 saturated carbocycles. The van der Waals surface area contributed by atoms with Crippen molar-refractivity contribution >= 4 is 18.0 Å². The minimum Gasteiger partial charge on any atom is -0.468 e. The smallest absolute Gasteiger partial charge is 0.327 e. The van der Waals surface area contributed by atoms with Crippen molar-refractivity contribution in [3.8, 4) is 17.7 Å². The van der Waals surface area contributed by atoms with Crippen LogP contribution in [0.2, 0.25) is 0 Å². The minimum atomic E-state index is -0.354. The number of allylic oxidation sites excluding steroid dienone is 1. The molecule has 0 unspecified atom stereocenters. The molecule has 4 rings (SSSR count). The molecule has 0 spiro atoms. The second-order valence-electron chi connectivity index (χ2n) is 8.95. The zero-order chi connectivity index (χ0) is 26.2. The Balaban J connectivity index is 1.30. The van der Waals surface area contributed by atoms with Gasteiger partial charge in [-0.25, -0.2) is 9.67 Å². The molecule has 11 heteroatoms. The number of nitrogens with zero attached hydrogens (tertiary/aromatic N) is 7. The van der Waals surface area contributed by atoms with Gasteiger partial charge in [0.2, 0.25) is 11.8 Å². The summed E-state index contributed by atoms with van der Waals surface area (Å²) in [5.41, 5.74) is 3.70. The van der Waals surface area contributed by atoms with E-state index in [2.05, 4.69) is 35.2 Å². The van der Waals surface area contributed by atoms with Gasteiger partial charge in [0.25, 0.3) is 0 Å². The number of carbonyl (C=O) groups is 1. The Hall–Kier alpha value is -4.30. The lowest BCUT2D eigenvalue weighted by Gasteiger charge is -2.31. The summed E-state index contributed by atoms with van der Waals surface area (Å²) >= 11 is 0. The normalized spacial score (nSPS) is 14.4. The second kappa shape index (κ2) is 12.1. The SMILES string of the molecule is COC(=O)Cn1cc(CN2CCC(Nc3nccc(Oc4c(C)cc(/C=C/C#N)cc4C)n3)CC2)nn1. The van der Waals surface area contributed by atoms with E-state index in [0.29, 0.717) is 18.4 Å². The first kappa shape index (κ1) is 25.8. The van der Waals surface area contributed by atoms with Gasteiger partial charge in [-0.05, 0) is 61.6 Å². The maximum atomic E-state index is 11.4. The Kier molecular flexibility index (Phi) is 8.43. The van der Waals surface area contributed by atoms with Crippen molar-refractivity contribution in [2.24, 2.45) is 0 Å². The fourth-order valence-corrected chi connectivity index (χ4v) is 4.28. The largest absolute Gasteiger partial charge is 0.468 e. The third-order valence-corrected chi connectivity index (χ3v) is 6.08. The summed E-state index contributed by atoms with van der Waals surface area (Å²) in [7, 11) is 1.35. The van der Waals surface area contributed by atoms with E-state index >= 15 is 0 Å².